The van der Waals surface area contributed by atoms with Crippen LogP contribution in [0.5, 0.6) is 11.5 Å². The molecule has 1 atom stereocenters. The molecule has 1 aliphatic heterocycles. The molecule has 9 nitrogen and oxygen atoms in total. The lowest BCUT2D eigenvalue weighted by atomic mass is 9.92. The third kappa shape index (κ3) is 4.32. The van der Waals surface area contributed by atoms with Gasteiger partial charge in [-0.25, -0.2) is 9.88 Å². The van der Waals surface area contributed by atoms with Gasteiger partial charge in [0, 0.05) is 30.8 Å². The first-order valence-corrected chi connectivity index (χ1v) is 11.5. The Kier molecular flexibility index (Phi) is 6.22. The number of carbonyl (C=O) groups is 2. The molecule has 1 aromatic heterocycles. The summed E-state index contributed by atoms with van der Waals surface area (Å²) < 4.78 is 5.23. The summed E-state index contributed by atoms with van der Waals surface area (Å²) in [5.74, 6) is 1.25. The molecule has 1 aliphatic carbocycles. The summed E-state index contributed by atoms with van der Waals surface area (Å²) >= 11 is 0. The van der Waals surface area contributed by atoms with Gasteiger partial charge in [0.2, 0.25) is 11.9 Å². The van der Waals surface area contributed by atoms with Gasteiger partial charge in [0.1, 0.15) is 23.4 Å². The van der Waals surface area contributed by atoms with Gasteiger partial charge >= 0.3 is 0 Å². The van der Waals surface area contributed by atoms with Crippen LogP contribution in [0, 0.1) is 0 Å². The van der Waals surface area contributed by atoms with Crippen molar-refractivity contribution < 1.29 is 19.4 Å². The Morgan fingerprint density at radius 2 is 1.92 bits per heavy atom. The van der Waals surface area contributed by atoms with Gasteiger partial charge in [0.05, 0.1) is 19.5 Å². The highest BCUT2D eigenvalue weighted by Gasteiger charge is 2.33. The molecule has 0 saturated heterocycles. The van der Waals surface area contributed by atoms with Gasteiger partial charge in [-0.2, -0.15) is 4.98 Å². The summed E-state index contributed by atoms with van der Waals surface area (Å²) in [5.41, 5.74) is 2.75. The SMILES string of the molecule is COc1ccc(C2=CC=CC(N3CNCc4cnc(N(C(C)=O)c5ccc(O)cc5)nc43)C2=O)cc1. The number of fused-ring (bicyclic) bond motifs is 1. The third-order valence-electron chi connectivity index (χ3n) is 6.15. The van der Waals surface area contributed by atoms with Crippen molar-refractivity contribution in [3.8, 4) is 11.5 Å². The first-order valence-electron chi connectivity index (χ1n) is 11.5. The molecule has 1 amide bonds. The van der Waals surface area contributed by atoms with Gasteiger partial charge < -0.3 is 14.7 Å². The zero-order valence-corrected chi connectivity index (χ0v) is 19.9. The number of nitrogens with one attached hydrogen (secondary N) is 1. The molecule has 36 heavy (non-hydrogen) atoms. The van der Waals surface area contributed by atoms with Crippen LogP contribution in [0.2, 0.25) is 0 Å². The van der Waals surface area contributed by atoms with Gasteiger partial charge in [-0.05, 0) is 42.0 Å². The van der Waals surface area contributed by atoms with Crippen LogP contribution in [0.4, 0.5) is 17.5 Å². The molecule has 0 fully saturated rings. The topological polar surface area (TPSA) is 108 Å². The quantitative estimate of drug-likeness (QED) is 0.569. The number of nitrogens with zero attached hydrogens (tertiary/aromatic N) is 4. The zero-order chi connectivity index (χ0) is 25.2. The molecule has 5 rings (SSSR count). The fourth-order valence-electron chi connectivity index (χ4n) is 4.37. The number of benzene rings is 2. The molecule has 2 heterocycles. The number of ketones is 1. The molecule has 9 heteroatoms. The predicted octanol–water partition coefficient (Wildman–Crippen LogP) is 3.33. The monoisotopic (exact) mass is 483 g/mol. The number of hydrogen-bond donors (Lipinski definition) is 2. The van der Waals surface area contributed by atoms with E-state index in [2.05, 4.69) is 10.3 Å². The number of amides is 1. The third-order valence-corrected chi connectivity index (χ3v) is 6.15. The molecule has 2 aliphatic rings. The Morgan fingerprint density at radius 1 is 1.17 bits per heavy atom. The number of aromatic hydroxyl groups is 1. The van der Waals surface area contributed by atoms with E-state index in [-0.39, 0.29) is 23.4 Å². The Balaban J connectivity index is 1.49. The zero-order valence-electron chi connectivity index (χ0n) is 19.9. The molecule has 1 unspecified atom stereocenters. The number of rotatable bonds is 5. The van der Waals surface area contributed by atoms with Crippen LogP contribution in [-0.2, 0) is 16.1 Å². The Hall–Kier alpha value is -4.50. The van der Waals surface area contributed by atoms with Crippen molar-refractivity contribution in [3.63, 3.8) is 0 Å². The number of carbonyl (C=O) groups excluding carboxylic acids is 2. The molecule has 3 aromatic rings. The van der Waals surface area contributed by atoms with Gasteiger partial charge in [0.15, 0.2) is 5.78 Å². The summed E-state index contributed by atoms with van der Waals surface area (Å²) in [7, 11) is 1.60. The van der Waals surface area contributed by atoms with E-state index in [1.54, 1.807) is 25.4 Å². The highest BCUT2D eigenvalue weighted by Crippen LogP contribution is 2.32. The normalized spacial score (nSPS) is 16.8. The van der Waals surface area contributed by atoms with Crippen molar-refractivity contribution in [2.75, 3.05) is 23.6 Å². The summed E-state index contributed by atoms with van der Waals surface area (Å²) in [5, 5.41) is 12.9. The summed E-state index contributed by atoms with van der Waals surface area (Å²) in [6.45, 7) is 2.37. The van der Waals surface area contributed by atoms with Crippen molar-refractivity contribution in [1.82, 2.24) is 15.3 Å². The van der Waals surface area contributed by atoms with Crippen molar-refractivity contribution in [3.05, 3.63) is 84.1 Å². The van der Waals surface area contributed by atoms with Crippen molar-refractivity contribution in [2.45, 2.75) is 19.5 Å². The maximum atomic E-state index is 13.6. The number of allylic oxidation sites excluding steroid dienone is 2. The molecule has 2 aromatic carbocycles. The van der Waals surface area contributed by atoms with E-state index < -0.39 is 6.04 Å². The molecule has 0 saturated carbocycles. The molecule has 0 spiro atoms. The van der Waals surface area contributed by atoms with Crippen LogP contribution in [-0.4, -0.2) is 46.6 Å². The number of phenols is 1. The lowest BCUT2D eigenvalue weighted by molar-refractivity contribution is -0.116. The second-order valence-electron chi connectivity index (χ2n) is 8.45. The lowest BCUT2D eigenvalue weighted by Gasteiger charge is -2.36. The number of anilines is 3. The second kappa shape index (κ2) is 9.63. The van der Waals surface area contributed by atoms with E-state index >= 15 is 0 Å². The molecule has 0 bridgehead atoms. The van der Waals surface area contributed by atoms with Crippen molar-refractivity contribution in [1.29, 1.82) is 0 Å². The number of aromatic nitrogens is 2. The summed E-state index contributed by atoms with van der Waals surface area (Å²) in [6.07, 6.45) is 7.20. The van der Waals surface area contributed by atoms with Crippen LogP contribution in [0.3, 0.4) is 0 Å². The Labute approximate surface area is 208 Å². The van der Waals surface area contributed by atoms with Crippen molar-refractivity contribution in [2.24, 2.45) is 0 Å². The van der Waals surface area contributed by atoms with E-state index in [9.17, 15) is 14.7 Å². The molecule has 0 radical (unpaired) electrons. The number of ether oxygens (including phenoxy) is 1. The number of hydrogen-bond acceptors (Lipinski definition) is 8. The molecule has 2 N–H and O–H groups in total. The fraction of sp³-hybridized carbons (Fsp3) is 0.185. The number of methoxy groups -OCH3 is 1. The first-order chi connectivity index (χ1) is 17.5. The highest BCUT2D eigenvalue weighted by molar-refractivity contribution is 6.26. The van der Waals surface area contributed by atoms with Gasteiger partial charge in [-0.15, -0.1) is 0 Å². The highest BCUT2D eigenvalue weighted by atomic mass is 16.5. The smallest absolute Gasteiger partial charge is 0.238 e. The average Bonchev–Trinajstić information content (AvgIpc) is 2.90. The summed E-state index contributed by atoms with van der Waals surface area (Å²) in [6, 6.07) is 13.0. The minimum Gasteiger partial charge on any atom is -0.508 e. The number of Topliss-reactive ketones (excluding diaryl/α,β-unsaturated/α-hetero) is 1. The Morgan fingerprint density at radius 3 is 2.61 bits per heavy atom. The number of phenolic OH excluding ortho intramolecular Hbond substituents is 1. The summed E-state index contributed by atoms with van der Waals surface area (Å²) in [4.78, 5) is 38.6. The van der Waals surface area contributed by atoms with E-state index in [1.165, 1.54) is 24.0 Å². The van der Waals surface area contributed by atoms with Crippen molar-refractivity contribution >= 4 is 34.7 Å². The van der Waals surface area contributed by atoms with E-state index in [0.717, 1.165) is 16.9 Å². The predicted molar refractivity (Wildman–Crippen MR) is 136 cm³/mol. The van der Waals surface area contributed by atoms with E-state index in [0.29, 0.717) is 30.3 Å². The lowest BCUT2D eigenvalue weighted by Crippen LogP contribution is -2.49. The fourth-order valence-corrected chi connectivity index (χ4v) is 4.37. The molecular weight excluding hydrogens is 458 g/mol. The maximum Gasteiger partial charge on any atom is 0.238 e. The van der Waals surface area contributed by atoms with Crippen LogP contribution >= 0.6 is 0 Å². The average molecular weight is 484 g/mol. The first kappa shape index (κ1) is 23.3. The second-order valence-corrected chi connectivity index (χ2v) is 8.45. The van der Waals surface area contributed by atoms with E-state index in [4.69, 9.17) is 9.72 Å². The van der Waals surface area contributed by atoms with Crippen LogP contribution < -0.4 is 19.9 Å². The maximum absolute atomic E-state index is 13.6. The Bertz CT molecular complexity index is 1370. The minimum absolute atomic E-state index is 0.0561. The minimum atomic E-state index is -0.583. The van der Waals surface area contributed by atoms with E-state index in [1.807, 2.05) is 47.4 Å². The van der Waals surface area contributed by atoms with Crippen LogP contribution in [0.25, 0.3) is 5.57 Å². The van der Waals surface area contributed by atoms with Gasteiger partial charge in [0.25, 0.3) is 0 Å². The van der Waals surface area contributed by atoms with Gasteiger partial charge in [-0.1, -0.05) is 30.4 Å². The molecule has 182 valence electrons. The standard InChI is InChI=1S/C27H25N5O4/c1-17(33)32(20-8-10-21(34)11-9-20)27-29-15-19-14-28-16-31(26(19)30-27)24-5-3-4-23(25(24)35)18-6-12-22(36-2)13-7-18/h3-13,15,24,28,34H,14,16H2,1-2H3. The van der Waals surface area contributed by atoms with Crippen LogP contribution in [0.1, 0.15) is 18.1 Å². The largest absolute Gasteiger partial charge is 0.508 e. The molecular formula is C27H25N5O4. The van der Waals surface area contributed by atoms with Gasteiger partial charge in [-0.3, -0.25) is 14.9 Å². The van der Waals surface area contributed by atoms with Crippen LogP contribution in [0.15, 0.2) is 73.0 Å².